The summed E-state index contributed by atoms with van der Waals surface area (Å²) in [5, 5.41) is 0.715. The summed E-state index contributed by atoms with van der Waals surface area (Å²) in [6, 6.07) is 7.90. The molecule has 2 rings (SSSR count). The Balaban J connectivity index is 1.81. The minimum atomic E-state index is 0.149. The molecule has 1 aliphatic rings. The number of nitrogens with two attached hydrogens (primary N) is 1. The van der Waals surface area contributed by atoms with Crippen molar-refractivity contribution >= 4 is 17.5 Å². The highest BCUT2D eigenvalue weighted by atomic mass is 35.5. The van der Waals surface area contributed by atoms with E-state index in [9.17, 15) is 4.79 Å². The third-order valence-electron chi connectivity index (χ3n) is 3.75. The molecule has 0 radical (unpaired) electrons. The van der Waals surface area contributed by atoms with Crippen LogP contribution < -0.4 is 5.73 Å². The van der Waals surface area contributed by atoms with Gasteiger partial charge in [0.1, 0.15) is 0 Å². The molecule has 1 aliphatic heterocycles. The van der Waals surface area contributed by atoms with Crippen LogP contribution in [-0.4, -0.2) is 48.4 Å². The summed E-state index contributed by atoms with van der Waals surface area (Å²) in [6.07, 6.45) is 1.96. The number of likely N-dealkylation sites (tertiary alicyclic amines) is 1. The summed E-state index contributed by atoms with van der Waals surface area (Å²) in [7, 11) is 1.84. The molecular weight excluding hydrogens is 274 g/mol. The van der Waals surface area contributed by atoms with Gasteiger partial charge in [-0.25, -0.2) is 0 Å². The molecule has 1 heterocycles. The highest BCUT2D eigenvalue weighted by Crippen LogP contribution is 2.12. The molecule has 5 heteroatoms. The van der Waals surface area contributed by atoms with E-state index >= 15 is 0 Å². The lowest BCUT2D eigenvalue weighted by molar-refractivity contribution is -0.131. The average Bonchev–Trinajstić information content (AvgIpc) is 2.44. The normalized spacial score (nSPS) is 17.1. The van der Waals surface area contributed by atoms with E-state index in [2.05, 4.69) is 4.90 Å². The molecule has 1 aromatic carbocycles. The van der Waals surface area contributed by atoms with Gasteiger partial charge >= 0.3 is 0 Å². The maximum absolute atomic E-state index is 12.2. The lowest BCUT2D eigenvalue weighted by Crippen LogP contribution is -2.44. The highest BCUT2D eigenvalue weighted by Gasteiger charge is 2.19. The van der Waals surface area contributed by atoms with Gasteiger partial charge in [-0.3, -0.25) is 9.69 Å². The maximum Gasteiger partial charge on any atom is 0.236 e. The van der Waals surface area contributed by atoms with E-state index in [-0.39, 0.29) is 5.91 Å². The number of amides is 1. The van der Waals surface area contributed by atoms with E-state index in [4.69, 9.17) is 17.3 Å². The number of piperidine rings is 1. The molecule has 0 atom stereocenters. The van der Waals surface area contributed by atoms with Crippen LogP contribution in [0.5, 0.6) is 0 Å². The summed E-state index contributed by atoms with van der Waals surface area (Å²) >= 11 is 5.85. The molecule has 4 nitrogen and oxygen atoms in total. The van der Waals surface area contributed by atoms with Gasteiger partial charge in [0.15, 0.2) is 0 Å². The van der Waals surface area contributed by atoms with Crippen LogP contribution in [0.2, 0.25) is 5.02 Å². The lowest BCUT2D eigenvalue weighted by Gasteiger charge is -2.30. The topological polar surface area (TPSA) is 49.6 Å². The van der Waals surface area contributed by atoms with E-state index in [0.29, 0.717) is 24.2 Å². The van der Waals surface area contributed by atoms with E-state index in [1.807, 2.05) is 31.3 Å². The third kappa shape index (κ3) is 4.47. The molecule has 1 saturated heterocycles. The van der Waals surface area contributed by atoms with Gasteiger partial charge in [0, 0.05) is 37.7 Å². The monoisotopic (exact) mass is 295 g/mol. The van der Waals surface area contributed by atoms with Crippen molar-refractivity contribution in [2.45, 2.75) is 25.4 Å². The Morgan fingerprint density at radius 3 is 2.55 bits per heavy atom. The van der Waals surface area contributed by atoms with Crippen molar-refractivity contribution in [2.24, 2.45) is 5.73 Å². The van der Waals surface area contributed by atoms with E-state index in [1.165, 1.54) is 0 Å². The smallest absolute Gasteiger partial charge is 0.236 e. The highest BCUT2D eigenvalue weighted by molar-refractivity contribution is 6.30. The molecule has 20 heavy (non-hydrogen) atoms. The lowest BCUT2D eigenvalue weighted by atomic mass is 10.1. The van der Waals surface area contributed by atoms with Crippen molar-refractivity contribution in [1.29, 1.82) is 0 Å². The average molecular weight is 296 g/mol. The Bertz CT molecular complexity index is 441. The van der Waals surface area contributed by atoms with Crippen LogP contribution in [0.1, 0.15) is 18.4 Å². The van der Waals surface area contributed by atoms with Gasteiger partial charge in [-0.2, -0.15) is 0 Å². The van der Waals surface area contributed by atoms with Crippen LogP contribution in [0.15, 0.2) is 24.3 Å². The first-order valence-corrected chi connectivity index (χ1v) is 7.39. The van der Waals surface area contributed by atoms with E-state index in [1.54, 1.807) is 4.90 Å². The maximum atomic E-state index is 12.2. The number of nitrogens with zero attached hydrogens (tertiary/aromatic N) is 2. The second kappa shape index (κ2) is 7.07. The fraction of sp³-hybridized carbons (Fsp3) is 0.533. The summed E-state index contributed by atoms with van der Waals surface area (Å²) in [5.74, 6) is 0.149. The van der Waals surface area contributed by atoms with Crippen molar-refractivity contribution < 1.29 is 4.79 Å². The third-order valence-corrected chi connectivity index (χ3v) is 4.00. The molecular formula is C15H22ClN3O. The zero-order chi connectivity index (χ0) is 14.5. The molecule has 0 unspecified atom stereocenters. The molecule has 0 bridgehead atoms. The first kappa shape index (κ1) is 15.3. The fourth-order valence-corrected chi connectivity index (χ4v) is 2.50. The first-order valence-electron chi connectivity index (χ1n) is 7.01. The zero-order valence-electron chi connectivity index (χ0n) is 11.9. The van der Waals surface area contributed by atoms with Gasteiger partial charge in [0.2, 0.25) is 5.91 Å². The second-order valence-corrected chi connectivity index (χ2v) is 5.93. The molecule has 1 amide bonds. The molecule has 0 saturated carbocycles. The van der Waals surface area contributed by atoms with E-state index in [0.717, 1.165) is 31.5 Å². The van der Waals surface area contributed by atoms with Crippen LogP contribution in [0, 0.1) is 0 Å². The minimum absolute atomic E-state index is 0.149. The Labute approximate surface area is 125 Å². The first-order chi connectivity index (χ1) is 9.54. The van der Waals surface area contributed by atoms with Crippen LogP contribution in [0.25, 0.3) is 0 Å². The molecule has 0 aromatic heterocycles. The van der Waals surface area contributed by atoms with Gasteiger partial charge in [-0.05, 0) is 30.5 Å². The standard InChI is InChI=1S/C15H22ClN3O/c1-18(10-12-2-4-13(16)5-3-12)15(20)11-19-8-6-14(17)7-9-19/h2-5,14H,6-11,17H2,1H3. The van der Waals surface area contributed by atoms with Crippen molar-refractivity contribution in [2.75, 3.05) is 26.7 Å². The largest absolute Gasteiger partial charge is 0.340 e. The van der Waals surface area contributed by atoms with Crippen LogP contribution in [-0.2, 0) is 11.3 Å². The van der Waals surface area contributed by atoms with Crippen LogP contribution in [0.3, 0.4) is 0 Å². The molecule has 1 fully saturated rings. The van der Waals surface area contributed by atoms with Gasteiger partial charge in [0.25, 0.3) is 0 Å². The number of likely N-dealkylation sites (N-methyl/N-ethyl adjacent to an activating group) is 1. The summed E-state index contributed by atoms with van der Waals surface area (Å²) in [4.78, 5) is 16.1. The number of halogens is 1. The SMILES string of the molecule is CN(Cc1ccc(Cl)cc1)C(=O)CN1CCC(N)CC1. The van der Waals surface area contributed by atoms with Gasteiger partial charge in [-0.1, -0.05) is 23.7 Å². The molecule has 0 aliphatic carbocycles. The number of carbonyl (C=O) groups is 1. The van der Waals surface area contributed by atoms with Crippen LogP contribution in [0.4, 0.5) is 0 Å². The number of hydrogen-bond donors (Lipinski definition) is 1. The molecule has 0 spiro atoms. The zero-order valence-corrected chi connectivity index (χ0v) is 12.6. The summed E-state index contributed by atoms with van der Waals surface area (Å²) in [6.45, 7) is 2.93. The Morgan fingerprint density at radius 1 is 1.35 bits per heavy atom. The van der Waals surface area contributed by atoms with Crippen LogP contribution >= 0.6 is 11.6 Å². The quantitative estimate of drug-likeness (QED) is 0.920. The Hall–Kier alpha value is -1.10. The van der Waals surface area contributed by atoms with Gasteiger partial charge in [0.05, 0.1) is 6.54 Å². The van der Waals surface area contributed by atoms with E-state index < -0.39 is 0 Å². The minimum Gasteiger partial charge on any atom is -0.340 e. The fourth-order valence-electron chi connectivity index (χ4n) is 2.37. The van der Waals surface area contributed by atoms with Crippen molar-refractivity contribution in [1.82, 2.24) is 9.80 Å². The second-order valence-electron chi connectivity index (χ2n) is 5.49. The predicted molar refractivity (Wildman–Crippen MR) is 81.6 cm³/mol. The van der Waals surface area contributed by atoms with Gasteiger partial charge < -0.3 is 10.6 Å². The van der Waals surface area contributed by atoms with Gasteiger partial charge in [-0.15, -0.1) is 0 Å². The number of rotatable bonds is 4. The molecule has 1 aromatic rings. The number of carbonyl (C=O) groups excluding carboxylic acids is 1. The Morgan fingerprint density at radius 2 is 1.95 bits per heavy atom. The predicted octanol–water partition coefficient (Wildman–Crippen LogP) is 1.72. The van der Waals surface area contributed by atoms with Crippen molar-refractivity contribution in [3.63, 3.8) is 0 Å². The molecule has 110 valence electrons. The molecule has 2 N–H and O–H groups in total. The number of hydrogen-bond acceptors (Lipinski definition) is 3. The number of benzene rings is 1. The van der Waals surface area contributed by atoms with Crippen molar-refractivity contribution in [3.05, 3.63) is 34.9 Å². The van der Waals surface area contributed by atoms with Crippen molar-refractivity contribution in [3.8, 4) is 0 Å². The Kier molecular flexibility index (Phi) is 5.40. The summed E-state index contributed by atoms with van der Waals surface area (Å²) in [5.41, 5.74) is 6.96. The summed E-state index contributed by atoms with van der Waals surface area (Å²) < 4.78 is 0.